The van der Waals surface area contributed by atoms with E-state index in [1.54, 1.807) is 22.7 Å². The average Bonchev–Trinajstić information content (AvgIpc) is 4.06. The minimum atomic E-state index is -0.414. The first-order valence-electron chi connectivity index (χ1n) is 24.7. The molecule has 4 heterocycles. The molecular weight excluding hydrogens is 913 g/mol. The van der Waals surface area contributed by atoms with Crippen LogP contribution in [-0.4, -0.2) is 70.1 Å². The van der Waals surface area contributed by atoms with E-state index in [0.29, 0.717) is 42.1 Å². The van der Waals surface area contributed by atoms with E-state index in [1.165, 1.54) is 27.8 Å². The normalized spacial score (nSPS) is 15.7. The molecule has 1 unspecified atom stereocenters. The minimum absolute atomic E-state index is 0.0225. The second-order valence-electron chi connectivity index (χ2n) is 18.9. The highest BCUT2D eigenvalue weighted by Crippen LogP contribution is 2.39. The molecule has 11 nitrogen and oxygen atoms in total. The highest BCUT2D eigenvalue weighted by Gasteiger charge is 2.31. The van der Waals surface area contributed by atoms with Gasteiger partial charge in [0.05, 0.1) is 39.0 Å². The fourth-order valence-corrected chi connectivity index (χ4v) is 11.8. The number of benzene rings is 4. The SMILES string of the molecule is CCc1c(CN2CCC(CC(=O)OC(=O)C3CCCN(Cc4cccc(-c5cnc(-c6ccc(OC(C)C)c(C#N)c6)s5)c4CC)C3)CC2)cccc1-c1cnc(-c2ccc(OC(C)C)c(C#N)c2)s1. The number of hydrogen-bond donors (Lipinski definition) is 0. The van der Waals surface area contributed by atoms with Crippen molar-refractivity contribution in [2.24, 2.45) is 11.8 Å². The summed E-state index contributed by atoms with van der Waals surface area (Å²) < 4.78 is 17.2. The van der Waals surface area contributed by atoms with Gasteiger partial charge < -0.3 is 14.2 Å². The number of ether oxygens (including phenoxy) is 3. The number of aromatic nitrogens is 2. The maximum absolute atomic E-state index is 13.5. The van der Waals surface area contributed by atoms with Gasteiger partial charge in [-0.1, -0.05) is 50.2 Å². The molecule has 2 fully saturated rings. The Bertz CT molecular complexity index is 2900. The van der Waals surface area contributed by atoms with E-state index in [-0.39, 0.29) is 30.5 Å². The summed E-state index contributed by atoms with van der Waals surface area (Å²) in [5, 5.41) is 21.3. The van der Waals surface area contributed by atoms with Gasteiger partial charge in [0, 0.05) is 49.6 Å². The van der Waals surface area contributed by atoms with E-state index in [0.717, 1.165) is 94.7 Å². The van der Waals surface area contributed by atoms with Gasteiger partial charge >= 0.3 is 11.9 Å². The van der Waals surface area contributed by atoms with Crippen LogP contribution in [0.2, 0.25) is 0 Å². The molecule has 1 atom stereocenters. The lowest BCUT2D eigenvalue weighted by Crippen LogP contribution is -2.40. The zero-order chi connectivity index (χ0) is 49.3. The van der Waals surface area contributed by atoms with Gasteiger partial charge in [-0.2, -0.15) is 10.5 Å². The van der Waals surface area contributed by atoms with Crippen LogP contribution in [0.15, 0.2) is 85.2 Å². The van der Waals surface area contributed by atoms with Gasteiger partial charge in [0.2, 0.25) is 0 Å². The Labute approximate surface area is 420 Å². The number of nitrogens with zero attached hydrogens (tertiary/aromatic N) is 6. The molecule has 70 heavy (non-hydrogen) atoms. The highest BCUT2D eigenvalue weighted by atomic mass is 32.1. The van der Waals surface area contributed by atoms with Crippen molar-refractivity contribution >= 4 is 34.6 Å². The molecule has 4 aromatic carbocycles. The van der Waals surface area contributed by atoms with Crippen LogP contribution in [0.4, 0.5) is 0 Å². The van der Waals surface area contributed by atoms with Crippen LogP contribution in [0.3, 0.4) is 0 Å². The van der Waals surface area contributed by atoms with Crippen LogP contribution < -0.4 is 9.47 Å². The van der Waals surface area contributed by atoms with Crippen molar-refractivity contribution in [2.75, 3.05) is 26.2 Å². The maximum Gasteiger partial charge on any atom is 0.317 e. The van der Waals surface area contributed by atoms with E-state index < -0.39 is 11.9 Å². The lowest BCUT2D eigenvalue weighted by atomic mass is 9.92. The second-order valence-corrected chi connectivity index (χ2v) is 21.0. The Hall–Kier alpha value is -6.22. The van der Waals surface area contributed by atoms with E-state index in [9.17, 15) is 20.1 Å². The summed E-state index contributed by atoms with van der Waals surface area (Å²) in [5.74, 6) is 0.167. The zero-order valence-electron chi connectivity index (χ0n) is 41.1. The molecule has 2 aromatic heterocycles. The van der Waals surface area contributed by atoms with Crippen LogP contribution in [0.1, 0.15) is 107 Å². The molecule has 0 N–H and O–H groups in total. The predicted molar refractivity (Wildman–Crippen MR) is 277 cm³/mol. The molecule has 6 aromatic rings. The molecule has 0 aliphatic carbocycles. The van der Waals surface area contributed by atoms with Crippen molar-refractivity contribution < 1.29 is 23.8 Å². The van der Waals surface area contributed by atoms with Gasteiger partial charge in [0.1, 0.15) is 33.7 Å². The Morgan fingerprint density at radius 1 is 0.700 bits per heavy atom. The Balaban J connectivity index is 0.825. The van der Waals surface area contributed by atoms with Crippen LogP contribution >= 0.6 is 22.7 Å². The Morgan fingerprint density at radius 2 is 1.21 bits per heavy atom. The summed E-state index contributed by atoms with van der Waals surface area (Å²) in [6.45, 7) is 16.8. The lowest BCUT2D eigenvalue weighted by molar-refractivity contribution is -0.164. The van der Waals surface area contributed by atoms with E-state index in [2.05, 4.69) is 72.2 Å². The van der Waals surface area contributed by atoms with Gasteiger partial charge in [-0.05, 0) is 162 Å². The number of hydrogen-bond acceptors (Lipinski definition) is 13. The van der Waals surface area contributed by atoms with Crippen molar-refractivity contribution in [2.45, 2.75) is 112 Å². The third-order valence-electron chi connectivity index (χ3n) is 13.2. The first-order valence-corrected chi connectivity index (χ1v) is 26.3. The van der Waals surface area contributed by atoms with Gasteiger partial charge in [-0.15, -0.1) is 22.7 Å². The average molecular weight is 975 g/mol. The molecule has 2 aliphatic rings. The largest absolute Gasteiger partial charge is 0.490 e. The monoisotopic (exact) mass is 974 g/mol. The molecule has 8 rings (SSSR count). The molecule has 2 aliphatic heterocycles. The smallest absolute Gasteiger partial charge is 0.317 e. The highest BCUT2D eigenvalue weighted by molar-refractivity contribution is 7.18. The first-order chi connectivity index (χ1) is 33.9. The molecule has 0 amide bonds. The fourth-order valence-electron chi connectivity index (χ4n) is 9.84. The molecular formula is C57H62N6O5S2. The van der Waals surface area contributed by atoms with Gasteiger partial charge in [-0.25, -0.2) is 9.97 Å². The van der Waals surface area contributed by atoms with Gasteiger partial charge in [-0.3, -0.25) is 19.4 Å². The molecule has 0 bridgehead atoms. The first kappa shape index (κ1) is 50.2. The second kappa shape index (κ2) is 23.1. The van der Waals surface area contributed by atoms with Crippen LogP contribution in [0.5, 0.6) is 11.5 Å². The topological polar surface area (TPSA) is 142 Å². The number of carbonyl (C=O) groups excluding carboxylic acids is 2. The summed E-state index contributed by atoms with van der Waals surface area (Å²) in [5.41, 5.74) is 10.2. The molecule has 0 spiro atoms. The minimum Gasteiger partial charge on any atom is -0.490 e. The number of likely N-dealkylation sites (tertiary alicyclic amines) is 2. The summed E-state index contributed by atoms with van der Waals surface area (Å²) in [6.07, 6.45) is 9.09. The molecule has 13 heteroatoms. The summed E-state index contributed by atoms with van der Waals surface area (Å²) in [6, 6.07) is 28.8. The van der Waals surface area contributed by atoms with E-state index in [4.69, 9.17) is 24.2 Å². The lowest BCUT2D eigenvalue weighted by Gasteiger charge is -2.33. The number of rotatable bonds is 17. The quantitative estimate of drug-likeness (QED) is 0.0637. The van der Waals surface area contributed by atoms with Crippen molar-refractivity contribution in [3.8, 4) is 65.7 Å². The van der Waals surface area contributed by atoms with Crippen LogP contribution in [-0.2, 0) is 40.3 Å². The molecule has 2 saturated heterocycles. The van der Waals surface area contributed by atoms with Crippen molar-refractivity contribution in [1.82, 2.24) is 19.8 Å². The molecule has 0 radical (unpaired) electrons. The number of esters is 2. The van der Waals surface area contributed by atoms with Crippen LogP contribution in [0.25, 0.3) is 42.0 Å². The number of nitriles is 2. The number of piperidine rings is 2. The Kier molecular flexibility index (Phi) is 16.6. The standard InChI is InChI=1S/C57H62N6O5S2/c1-7-46-41(12-9-15-48(46)52-31-60-55(69-52)39-17-19-50(66-36(3)4)44(27-39)29-58)33-62-24-21-38(22-25-62)26-54(64)68-57(65)43-14-11-23-63(35-43)34-42-13-10-16-49(47(42)8-2)53-32-61-56(70-53)40-18-20-51(67-37(5)6)45(28-40)30-59/h9-10,12-13,15-20,27-28,31-32,36-38,43H,7-8,11,14,21-26,33-35H2,1-6H3. The molecule has 0 saturated carbocycles. The third-order valence-corrected chi connectivity index (χ3v) is 15.4. The van der Waals surface area contributed by atoms with Crippen molar-refractivity contribution in [1.29, 1.82) is 10.5 Å². The summed E-state index contributed by atoms with van der Waals surface area (Å²) in [7, 11) is 0. The fraction of sp³-hybridized carbons (Fsp3) is 0.404. The number of carbonyl (C=O) groups is 2. The Morgan fingerprint density at radius 3 is 1.70 bits per heavy atom. The third kappa shape index (κ3) is 12.0. The zero-order valence-corrected chi connectivity index (χ0v) is 42.8. The van der Waals surface area contributed by atoms with Crippen LogP contribution in [0, 0.1) is 34.5 Å². The van der Waals surface area contributed by atoms with E-state index in [1.807, 2.05) is 76.5 Å². The predicted octanol–water partition coefficient (Wildman–Crippen LogP) is 12.3. The molecule has 362 valence electrons. The van der Waals surface area contributed by atoms with Gasteiger partial charge in [0.25, 0.3) is 0 Å². The maximum atomic E-state index is 13.5. The van der Waals surface area contributed by atoms with Crippen molar-refractivity contribution in [3.63, 3.8) is 0 Å². The summed E-state index contributed by atoms with van der Waals surface area (Å²) in [4.78, 5) is 43.2. The number of thiazole rings is 2. The van der Waals surface area contributed by atoms with Gasteiger partial charge in [0.15, 0.2) is 0 Å². The van der Waals surface area contributed by atoms with Crippen molar-refractivity contribution in [3.05, 3.63) is 119 Å². The summed E-state index contributed by atoms with van der Waals surface area (Å²) >= 11 is 3.24. The van der Waals surface area contributed by atoms with E-state index >= 15 is 0 Å².